The van der Waals surface area contributed by atoms with Gasteiger partial charge in [0.25, 0.3) is 0 Å². The van der Waals surface area contributed by atoms with Crippen molar-refractivity contribution >= 4 is 0 Å². The van der Waals surface area contributed by atoms with Crippen LogP contribution in [0.5, 0.6) is 0 Å². The van der Waals surface area contributed by atoms with E-state index in [1.807, 2.05) is 0 Å². The molecule has 0 aliphatic heterocycles. The smallest absolute Gasteiger partial charge is 0.0165 e. The minimum absolute atomic E-state index is 0.345. The van der Waals surface area contributed by atoms with Gasteiger partial charge in [-0.3, -0.25) is 0 Å². The van der Waals surface area contributed by atoms with Gasteiger partial charge in [0, 0.05) is 18.6 Å². The van der Waals surface area contributed by atoms with Gasteiger partial charge in [0.15, 0.2) is 0 Å². The van der Waals surface area contributed by atoms with Gasteiger partial charge in [-0.25, -0.2) is 0 Å². The molecule has 1 unspecified atom stereocenters. The summed E-state index contributed by atoms with van der Waals surface area (Å²) in [5, 5.41) is 3.33. The molecule has 68 valence electrons. The van der Waals surface area contributed by atoms with Gasteiger partial charge in [0.2, 0.25) is 0 Å². The summed E-state index contributed by atoms with van der Waals surface area (Å²) in [6.45, 7) is 7.44. The van der Waals surface area contributed by atoms with E-state index < -0.39 is 0 Å². The fraction of sp³-hybridized carbons (Fsp3) is 1.00. The topological polar surface area (TPSA) is 38.0 Å². The summed E-state index contributed by atoms with van der Waals surface area (Å²) in [7, 11) is 0. The molecule has 1 atom stereocenters. The molecule has 0 aromatic rings. The summed E-state index contributed by atoms with van der Waals surface area (Å²) < 4.78 is 0. The van der Waals surface area contributed by atoms with E-state index in [1.54, 1.807) is 0 Å². The molecule has 0 aliphatic carbocycles. The van der Waals surface area contributed by atoms with E-state index in [2.05, 4.69) is 26.1 Å². The molecule has 2 nitrogen and oxygen atoms in total. The Hall–Kier alpha value is -0.0800. The van der Waals surface area contributed by atoms with Gasteiger partial charge in [-0.15, -0.1) is 0 Å². The molecule has 0 saturated carbocycles. The van der Waals surface area contributed by atoms with E-state index in [9.17, 15) is 0 Å². The molecule has 0 saturated heterocycles. The van der Waals surface area contributed by atoms with E-state index >= 15 is 0 Å². The highest BCUT2D eigenvalue weighted by atomic mass is 14.9. The van der Waals surface area contributed by atoms with Crippen LogP contribution in [0.25, 0.3) is 0 Å². The van der Waals surface area contributed by atoms with E-state index in [4.69, 9.17) is 5.73 Å². The van der Waals surface area contributed by atoms with Crippen LogP contribution in [0.4, 0.5) is 0 Å². The molecule has 0 bridgehead atoms. The SMILES string of the molecule is CCCCC(N)CNC(C)C. The summed E-state index contributed by atoms with van der Waals surface area (Å²) in [5.74, 6) is 0. The summed E-state index contributed by atoms with van der Waals surface area (Å²) in [4.78, 5) is 0. The minimum atomic E-state index is 0.345. The van der Waals surface area contributed by atoms with Gasteiger partial charge in [0.05, 0.1) is 0 Å². The van der Waals surface area contributed by atoms with Crippen molar-refractivity contribution < 1.29 is 0 Å². The van der Waals surface area contributed by atoms with Crippen molar-refractivity contribution in [3.63, 3.8) is 0 Å². The molecule has 0 rings (SSSR count). The van der Waals surface area contributed by atoms with Crippen molar-refractivity contribution in [1.82, 2.24) is 5.32 Å². The quantitative estimate of drug-likeness (QED) is 0.615. The van der Waals surface area contributed by atoms with Gasteiger partial charge >= 0.3 is 0 Å². The molecule has 2 heteroatoms. The third-order valence-electron chi connectivity index (χ3n) is 1.72. The highest BCUT2D eigenvalue weighted by molar-refractivity contribution is 4.65. The van der Waals surface area contributed by atoms with Crippen molar-refractivity contribution in [1.29, 1.82) is 0 Å². The van der Waals surface area contributed by atoms with E-state index in [-0.39, 0.29) is 0 Å². The average molecular weight is 158 g/mol. The van der Waals surface area contributed by atoms with E-state index in [0.717, 1.165) is 13.0 Å². The number of nitrogens with one attached hydrogen (secondary N) is 1. The molecule has 0 spiro atoms. The zero-order valence-corrected chi connectivity index (χ0v) is 8.06. The third-order valence-corrected chi connectivity index (χ3v) is 1.72. The Kier molecular flexibility index (Phi) is 6.57. The zero-order chi connectivity index (χ0) is 8.69. The molecule has 0 radical (unpaired) electrons. The highest BCUT2D eigenvalue weighted by Gasteiger charge is 2.01. The number of unbranched alkanes of at least 4 members (excludes halogenated alkanes) is 1. The lowest BCUT2D eigenvalue weighted by atomic mass is 10.1. The third kappa shape index (κ3) is 7.82. The predicted octanol–water partition coefficient (Wildman–Crippen LogP) is 1.50. The average Bonchev–Trinajstić information content (AvgIpc) is 1.97. The number of hydrogen-bond acceptors (Lipinski definition) is 2. The second kappa shape index (κ2) is 6.62. The minimum Gasteiger partial charge on any atom is -0.327 e. The van der Waals surface area contributed by atoms with Gasteiger partial charge < -0.3 is 11.1 Å². The Bertz CT molecular complexity index is 81.6. The van der Waals surface area contributed by atoms with Crippen LogP contribution in [0.3, 0.4) is 0 Å². The maximum Gasteiger partial charge on any atom is 0.0165 e. The largest absolute Gasteiger partial charge is 0.327 e. The lowest BCUT2D eigenvalue weighted by molar-refractivity contribution is 0.492. The first kappa shape index (κ1) is 10.9. The maximum atomic E-state index is 5.85. The molecule has 11 heavy (non-hydrogen) atoms. The lowest BCUT2D eigenvalue weighted by Gasteiger charge is -2.14. The summed E-state index contributed by atoms with van der Waals surface area (Å²) >= 11 is 0. The van der Waals surface area contributed by atoms with Gasteiger partial charge in [-0.2, -0.15) is 0 Å². The normalized spacial score (nSPS) is 13.9. The molecular formula is C9H22N2. The molecule has 0 aromatic carbocycles. The lowest BCUT2D eigenvalue weighted by Crippen LogP contribution is -2.37. The van der Waals surface area contributed by atoms with Crippen LogP contribution >= 0.6 is 0 Å². The number of rotatable bonds is 6. The summed E-state index contributed by atoms with van der Waals surface area (Å²) in [5.41, 5.74) is 5.85. The Morgan fingerprint density at radius 2 is 2.00 bits per heavy atom. The van der Waals surface area contributed by atoms with Crippen molar-refractivity contribution in [2.75, 3.05) is 6.54 Å². The first-order valence-corrected chi connectivity index (χ1v) is 4.65. The molecule has 0 fully saturated rings. The Morgan fingerprint density at radius 3 is 2.45 bits per heavy atom. The van der Waals surface area contributed by atoms with Gasteiger partial charge in [-0.1, -0.05) is 33.6 Å². The fourth-order valence-electron chi connectivity index (χ4n) is 0.955. The van der Waals surface area contributed by atoms with E-state index in [0.29, 0.717) is 12.1 Å². The second-order valence-corrected chi connectivity index (χ2v) is 3.47. The first-order chi connectivity index (χ1) is 5.16. The molecule has 0 heterocycles. The van der Waals surface area contributed by atoms with Gasteiger partial charge in [0.1, 0.15) is 0 Å². The van der Waals surface area contributed by atoms with Crippen molar-refractivity contribution in [2.24, 2.45) is 5.73 Å². The van der Waals surface area contributed by atoms with Crippen LogP contribution in [0.2, 0.25) is 0 Å². The van der Waals surface area contributed by atoms with E-state index in [1.165, 1.54) is 12.8 Å². The number of hydrogen-bond donors (Lipinski definition) is 2. The molecule has 0 aromatic heterocycles. The van der Waals surface area contributed by atoms with Gasteiger partial charge in [-0.05, 0) is 6.42 Å². The Balaban J connectivity index is 3.15. The summed E-state index contributed by atoms with van der Waals surface area (Å²) in [6, 6.07) is 0.903. The Labute approximate surface area is 70.5 Å². The maximum absolute atomic E-state index is 5.85. The van der Waals surface area contributed by atoms with Crippen LogP contribution < -0.4 is 11.1 Å². The first-order valence-electron chi connectivity index (χ1n) is 4.65. The summed E-state index contributed by atoms with van der Waals surface area (Å²) in [6.07, 6.45) is 3.65. The van der Waals surface area contributed by atoms with Crippen LogP contribution in [-0.2, 0) is 0 Å². The van der Waals surface area contributed by atoms with Crippen LogP contribution in [0, 0.1) is 0 Å². The monoisotopic (exact) mass is 158 g/mol. The molecule has 3 N–H and O–H groups in total. The molecular weight excluding hydrogens is 136 g/mol. The number of nitrogens with two attached hydrogens (primary N) is 1. The zero-order valence-electron chi connectivity index (χ0n) is 8.06. The van der Waals surface area contributed by atoms with Crippen molar-refractivity contribution in [3.05, 3.63) is 0 Å². The Morgan fingerprint density at radius 1 is 1.36 bits per heavy atom. The predicted molar refractivity (Wildman–Crippen MR) is 50.6 cm³/mol. The van der Waals surface area contributed by atoms with Crippen LogP contribution in [0.15, 0.2) is 0 Å². The molecule has 0 aliphatic rings. The highest BCUT2D eigenvalue weighted by Crippen LogP contribution is 1.96. The van der Waals surface area contributed by atoms with Crippen molar-refractivity contribution in [3.8, 4) is 0 Å². The molecule has 0 amide bonds. The second-order valence-electron chi connectivity index (χ2n) is 3.47. The van der Waals surface area contributed by atoms with Crippen LogP contribution in [-0.4, -0.2) is 18.6 Å². The fourth-order valence-corrected chi connectivity index (χ4v) is 0.955. The van der Waals surface area contributed by atoms with Crippen molar-refractivity contribution in [2.45, 2.75) is 52.1 Å². The van der Waals surface area contributed by atoms with Crippen LogP contribution in [0.1, 0.15) is 40.0 Å². The standard InChI is InChI=1S/C9H22N2/c1-4-5-6-9(10)7-11-8(2)3/h8-9,11H,4-7,10H2,1-3H3.